The van der Waals surface area contributed by atoms with E-state index in [0.29, 0.717) is 18.4 Å². The molecule has 1 saturated carbocycles. The third kappa shape index (κ3) is 4.29. The highest BCUT2D eigenvalue weighted by Crippen LogP contribution is 2.25. The summed E-state index contributed by atoms with van der Waals surface area (Å²) in [6.45, 7) is 1.25. The van der Waals surface area contributed by atoms with Crippen LogP contribution in [0.15, 0.2) is 30.3 Å². The minimum Gasteiger partial charge on any atom is -0.457 e. The number of carbonyl (C=O) groups excluding carboxylic acids is 2. The summed E-state index contributed by atoms with van der Waals surface area (Å²) in [5.74, 6) is -1.19. The maximum Gasteiger partial charge on any atom is 0.352 e. The van der Waals surface area contributed by atoms with Gasteiger partial charge in [0.15, 0.2) is 0 Å². The van der Waals surface area contributed by atoms with Gasteiger partial charge in [-0.1, -0.05) is 36.8 Å². The first-order valence-corrected chi connectivity index (χ1v) is 7.18. The van der Waals surface area contributed by atoms with Crippen molar-refractivity contribution in [2.45, 2.75) is 50.9 Å². The van der Waals surface area contributed by atoms with Crippen molar-refractivity contribution >= 4 is 11.9 Å². The summed E-state index contributed by atoms with van der Waals surface area (Å²) in [5.41, 5.74) is 0.558. The van der Waals surface area contributed by atoms with Crippen molar-refractivity contribution in [3.05, 3.63) is 35.9 Å². The van der Waals surface area contributed by atoms with Crippen molar-refractivity contribution in [2.24, 2.45) is 0 Å². The molecule has 3 atom stereocenters. The minimum absolute atomic E-state index is 0.520. The Bertz CT molecular complexity index is 485. The van der Waals surface area contributed by atoms with Gasteiger partial charge in [-0.05, 0) is 19.3 Å². The number of rotatable bonds is 4. The number of ether oxygens (including phenoxy) is 2. The molecule has 0 spiro atoms. The number of aliphatic hydroxyl groups excluding tert-OH is 1. The van der Waals surface area contributed by atoms with Crippen molar-refractivity contribution in [1.82, 2.24) is 0 Å². The van der Waals surface area contributed by atoms with Gasteiger partial charge in [-0.3, -0.25) is 4.79 Å². The van der Waals surface area contributed by atoms with E-state index in [2.05, 4.69) is 0 Å². The minimum atomic E-state index is -1.09. The molecule has 0 amide bonds. The van der Waals surface area contributed by atoms with Crippen LogP contribution in [0.25, 0.3) is 0 Å². The van der Waals surface area contributed by atoms with E-state index in [4.69, 9.17) is 9.47 Å². The Morgan fingerprint density at radius 2 is 1.86 bits per heavy atom. The predicted molar refractivity (Wildman–Crippen MR) is 75.3 cm³/mol. The van der Waals surface area contributed by atoms with E-state index in [9.17, 15) is 14.7 Å². The van der Waals surface area contributed by atoms with Crippen molar-refractivity contribution in [3.8, 4) is 0 Å². The zero-order valence-corrected chi connectivity index (χ0v) is 12.0. The Labute approximate surface area is 123 Å². The Balaban J connectivity index is 2.09. The highest BCUT2D eigenvalue weighted by atomic mass is 16.6. The molecule has 0 aliphatic heterocycles. The van der Waals surface area contributed by atoms with E-state index in [-0.39, 0.29) is 0 Å². The van der Waals surface area contributed by atoms with Gasteiger partial charge in [0.2, 0.25) is 6.10 Å². The van der Waals surface area contributed by atoms with Crippen molar-refractivity contribution in [1.29, 1.82) is 0 Å². The number of benzene rings is 1. The maximum atomic E-state index is 12.3. The SMILES string of the molecule is CC(=O)O[C@H](C(=O)O[C@H]1CCCC[C@@H]1O)c1ccccc1. The molecule has 1 aliphatic rings. The summed E-state index contributed by atoms with van der Waals surface area (Å²) >= 11 is 0. The fourth-order valence-corrected chi connectivity index (χ4v) is 2.47. The van der Waals surface area contributed by atoms with E-state index >= 15 is 0 Å². The van der Waals surface area contributed by atoms with Crippen molar-refractivity contribution in [3.63, 3.8) is 0 Å². The number of hydrogen-bond donors (Lipinski definition) is 1. The lowest BCUT2D eigenvalue weighted by Crippen LogP contribution is -2.36. The molecule has 5 heteroatoms. The third-order valence-corrected chi connectivity index (χ3v) is 3.54. The first kappa shape index (κ1) is 15.5. The highest BCUT2D eigenvalue weighted by molar-refractivity contribution is 5.80. The molecule has 0 radical (unpaired) electrons. The van der Waals surface area contributed by atoms with Crippen LogP contribution in [-0.4, -0.2) is 29.3 Å². The fraction of sp³-hybridized carbons (Fsp3) is 0.500. The van der Waals surface area contributed by atoms with Crippen LogP contribution < -0.4 is 0 Å². The highest BCUT2D eigenvalue weighted by Gasteiger charge is 2.32. The average molecular weight is 292 g/mol. The number of aliphatic hydroxyl groups is 1. The Morgan fingerprint density at radius 1 is 1.19 bits per heavy atom. The molecule has 1 N–H and O–H groups in total. The summed E-state index contributed by atoms with van der Waals surface area (Å²) in [6, 6.07) is 8.73. The van der Waals surface area contributed by atoms with E-state index in [0.717, 1.165) is 12.8 Å². The van der Waals surface area contributed by atoms with Crippen LogP contribution >= 0.6 is 0 Å². The average Bonchev–Trinajstić information content (AvgIpc) is 2.48. The zero-order valence-electron chi connectivity index (χ0n) is 12.0. The normalized spacial score (nSPS) is 23.1. The van der Waals surface area contributed by atoms with E-state index < -0.39 is 30.3 Å². The van der Waals surface area contributed by atoms with E-state index in [1.807, 2.05) is 6.07 Å². The van der Waals surface area contributed by atoms with Crippen LogP contribution in [0.5, 0.6) is 0 Å². The van der Waals surface area contributed by atoms with Crippen molar-refractivity contribution < 1.29 is 24.2 Å². The first-order valence-electron chi connectivity index (χ1n) is 7.18. The second kappa shape index (κ2) is 7.22. The Morgan fingerprint density at radius 3 is 2.48 bits per heavy atom. The predicted octanol–water partition coefficient (Wildman–Crippen LogP) is 2.14. The Kier molecular flexibility index (Phi) is 5.33. The molecule has 0 bridgehead atoms. The first-order chi connectivity index (χ1) is 10.1. The lowest BCUT2D eigenvalue weighted by Gasteiger charge is -2.28. The molecular formula is C16H20O5. The van der Waals surface area contributed by atoms with Gasteiger partial charge in [0.05, 0.1) is 6.10 Å². The number of hydrogen-bond acceptors (Lipinski definition) is 5. The molecule has 21 heavy (non-hydrogen) atoms. The molecule has 1 aliphatic carbocycles. The molecule has 0 saturated heterocycles. The molecule has 1 aromatic rings. The second-order valence-electron chi connectivity index (χ2n) is 5.23. The largest absolute Gasteiger partial charge is 0.457 e. The topological polar surface area (TPSA) is 72.8 Å². The second-order valence-corrected chi connectivity index (χ2v) is 5.23. The molecular weight excluding hydrogens is 272 g/mol. The zero-order chi connectivity index (χ0) is 15.2. The van der Waals surface area contributed by atoms with Gasteiger partial charge in [0, 0.05) is 12.5 Å². The quantitative estimate of drug-likeness (QED) is 0.861. The number of esters is 2. The van der Waals surface area contributed by atoms with Gasteiger partial charge in [0.1, 0.15) is 6.10 Å². The molecule has 5 nitrogen and oxygen atoms in total. The van der Waals surface area contributed by atoms with Gasteiger partial charge in [-0.25, -0.2) is 4.79 Å². The van der Waals surface area contributed by atoms with Crippen LogP contribution in [0.4, 0.5) is 0 Å². The smallest absolute Gasteiger partial charge is 0.352 e. The van der Waals surface area contributed by atoms with Crippen LogP contribution in [0, 0.1) is 0 Å². The molecule has 0 heterocycles. The summed E-state index contributed by atoms with van der Waals surface area (Å²) in [5, 5.41) is 9.87. The van der Waals surface area contributed by atoms with Gasteiger partial charge < -0.3 is 14.6 Å². The molecule has 1 fully saturated rings. The number of carbonyl (C=O) groups is 2. The van der Waals surface area contributed by atoms with Crippen LogP contribution in [0.1, 0.15) is 44.3 Å². The molecule has 114 valence electrons. The maximum absolute atomic E-state index is 12.3. The third-order valence-electron chi connectivity index (χ3n) is 3.54. The van der Waals surface area contributed by atoms with Crippen LogP contribution in [0.2, 0.25) is 0 Å². The monoisotopic (exact) mass is 292 g/mol. The van der Waals surface area contributed by atoms with Crippen LogP contribution in [-0.2, 0) is 19.1 Å². The summed E-state index contributed by atoms with van der Waals surface area (Å²) < 4.78 is 10.4. The van der Waals surface area contributed by atoms with Crippen LogP contribution in [0.3, 0.4) is 0 Å². The van der Waals surface area contributed by atoms with Gasteiger partial charge in [-0.2, -0.15) is 0 Å². The molecule has 1 aromatic carbocycles. The Hall–Kier alpha value is -1.88. The summed E-state index contributed by atoms with van der Waals surface area (Å²) in [6.07, 6.45) is 0.859. The van der Waals surface area contributed by atoms with Gasteiger partial charge >= 0.3 is 11.9 Å². The van der Waals surface area contributed by atoms with Gasteiger partial charge in [0.25, 0.3) is 0 Å². The lowest BCUT2D eigenvalue weighted by atomic mass is 9.95. The summed E-state index contributed by atoms with van der Waals surface area (Å²) in [4.78, 5) is 23.5. The van der Waals surface area contributed by atoms with E-state index in [1.54, 1.807) is 24.3 Å². The molecule has 0 unspecified atom stereocenters. The van der Waals surface area contributed by atoms with Crippen molar-refractivity contribution in [2.75, 3.05) is 0 Å². The lowest BCUT2D eigenvalue weighted by molar-refractivity contribution is -0.176. The van der Waals surface area contributed by atoms with Gasteiger partial charge in [-0.15, -0.1) is 0 Å². The summed E-state index contributed by atoms with van der Waals surface area (Å²) in [7, 11) is 0. The fourth-order valence-electron chi connectivity index (χ4n) is 2.47. The standard InChI is InChI=1S/C16H20O5/c1-11(17)20-15(12-7-3-2-4-8-12)16(19)21-14-10-6-5-9-13(14)18/h2-4,7-8,13-15,18H,5-6,9-10H2,1H3/t13-,14-,15-/m0/s1. The molecule has 2 rings (SSSR count). The molecule has 0 aromatic heterocycles. The van der Waals surface area contributed by atoms with E-state index in [1.165, 1.54) is 6.92 Å².